The second-order valence-corrected chi connectivity index (χ2v) is 6.38. The fraction of sp³-hybridized carbons (Fsp3) is 0.444. The third kappa shape index (κ3) is 12.2. The molecule has 6 nitrogen and oxygen atoms in total. The highest BCUT2D eigenvalue weighted by atomic mass is 35.5. The Morgan fingerprint density at radius 3 is 1.96 bits per heavy atom. The fourth-order valence-electron chi connectivity index (χ4n) is 1.95. The predicted octanol–water partition coefficient (Wildman–Crippen LogP) is 2.69. The average molecular weight is 372 g/mol. The number of hydrogen-bond donors (Lipinski definition) is 3. The first-order chi connectivity index (χ1) is 11.6. The van der Waals surface area contributed by atoms with Crippen molar-refractivity contribution in [2.75, 3.05) is 20.6 Å². The molecule has 1 atom stereocenters. The Bertz CT molecular complexity index is 555. The molecule has 0 amide bonds. The monoisotopic (exact) mass is 371 g/mol. The van der Waals surface area contributed by atoms with Gasteiger partial charge in [-0.2, -0.15) is 0 Å². The van der Waals surface area contributed by atoms with Crippen LogP contribution in [0, 0.1) is 0 Å². The molecule has 1 aromatic carbocycles. The minimum atomic E-state index is -1.26. The van der Waals surface area contributed by atoms with E-state index in [-0.39, 0.29) is 0 Å². The number of carbonyl (C=O) groups is 2. The summed E-state index contributed by atoms with van der Waals surface area (Å²) >= 11 is 5.85. The number of hydrogen-bond acceptors (Lipinski definition) is 4. The van der Waals surface area contributed by atoms with Gasteiger partial charge in [0, 0.05) is 30.1 Å². The molecule has 25 heavy (non-hydrogen) atoms. The number of carboxylic acids is 2. The predicted molar refractivity (Wildman–Crippen MR) is 98.0 cm³/mol. The molecule has 3 N–H and O–H groups in total. The summed E-state index contributed by atoms with van der Waals surface area (Å²) in [5.74, 6) is -2.51. The van der Waals surface area contributed by atoms with Gasteiger partial charge in [-0.3, -0.25) is 0 Å². The van der Waals surface area contributed by atoms with E-state index >= 15 is 0 Å². The summed E-state index contributed by atoms with van der Waals surface area (Å²) in [5, 5.41) is 26.9. The molecule has 0 aliphatic heterocycles. The SMILES string of the molecule is CCC(O)(CCN(C)C)Cc1ccc(Cl)cc1.O=C(O)/C=C/C(=O)O. The van der Waals surface area contributed by atoms with Gasteiger partial charge in [-0.15, -0.1) is 0 Å². The van der Waals surface area contributed by atoms with E-state index in [1.165, 1.54) is 0 Å². The lowest BCUT2D eigenvalue weighted by Gasteiger charge is -2.28. The van der Waals surface area contributed by atoms with E-state index in [9.17, 15) is 14.7 Å². The molecule has 0 bridgehead atoms. The van der Waals surface area contributed by atoms with Gasteiger partial charge in [0.1, 0.15) is 0 Å². The first-order valence-corrected chi connectivity index (χ1v) is 8.21. The first kappa shape index (κ1) is 23.1. The van der Waals surface area contributed by atoms with Crippen molar-refractivity contribution in [2.45, 2.75) is 31.8 Å². The minimum absolute atomic E-state index is 0.558. The summed E-state index contributed by atoms with van der Waals surface area (Å²) in [5.41, 5.74) is 0.524. The van der Waals surface area contributed by atoms with Crippen molar-refractivity contribution >= 4 is 23.5 Å². The molecule has 0 saturated carbocycles. The van der Waals surface area contributed by atoms with Gasteiger partial charge in [-0.05, 0) is 44.6 Å². The Balaban J connectivity index is 0.000000609. The number of carboxylic acid groups (broad SMARTS) is 2. The highest BCUT2D eigenvalue weighted by Gasteiger charge is 2.24. The maximum absolute atomic E-state index is 10.5. The average Bonchev–Trinajstić information content (AvgIpc) is 2.54. The molecule has 1 rings (SSSR count). The van der Waals surface area contributed by atoms with Gasteiger partial charge in [-0.1, -0.05) is 30.7 Å². The molecule has 0 spiro atoms. The first-order valence-electron chi connectivity index (χ1n) is 7.83. The smallest absolute Gasteiger partial charge is 0.328 e. The Morgan fingerprint density at radius 2 is 1.60 bits per heavy atom. The molecular formula is C18H26ClNO5. The summed E-state index contributed by atoms with van der Waals surface area (Å²) in [4.78, 5) is 21.2. The molecule has 0 fully saturated rings. The van der Waals surface area contributed by atoms with Gasteiger partial charge < -0.3 is 20.2 Å². The lowest BCUT2D eigenvalue weighted by molar-refractivity contribution is -0.134. The number of benzene rings is 1. The summed E-state index contributed by atoms with van der Waals surface area (Å²) < 4.78 is 0. The van der Waals surface area contributed by atoms with E-state index < -0.39 is 17.5 Å². The van der Waals surface area contributed by atoms with Crippen molar-refractivity contribution in [1.82, 2.24) is 4.90 Å². The number of aliphatic hydroxyl groups is 1. The Labute approximate surface area is 153 Å². The van der Waals surface area contributed by atoms with Crippen LogP contribution in [-0.4, -0.2) is 58.4 Å². The zero-order valence-electron chi connectivity index (χ0n) is 14.8. The van der Waals surface area contributed by atoms with Crippen molar-refractivity contribution < 1.29 is 24.9 Å². The number of nitrogens with zero attached hydrogens (tertiary/aromatic N) is 1. The molecule has 7 heteroatoms. The van der Waals surface area contributed by atoms with E-state index in [0.29, 0.717) is 18.6 Å². The molecule has 0 aliphatic rings. The zero-order valence-corrected chi connectivity index (χ0v) is 15.5. The fourth-order valence-corrected chi connectivity index (χ4v) is 2.07. The van der Waals surface area contributed by atoms with Crippen molar-refractivity contribution in [1.29, 1.82) is 0 Å². The normalized spacial score (nSPS) is 13.2. The van der Waals surface area contributed by atoms with Crippen LogP contribution in [0.5, 0.6) is 0 Å². The standard InChI is InChI=1S/C14H22ClNO.C4H4O4/c1-4-14(17,9-10-16(2)3)11-12-5-7-13(15)8-6-12;5-3(6)1-2-4(7)8/h5-8,17H,4,9-11H2,1-3H3;1-2H,(H,5,6)(H,7,8)/b;2-1+. The van der Waals surface area contributed by atoms with Crippen LogP contribution in [-0.2, 0) is 16.0 Å². The van der Waals surface area contributed by atoms with E-state index in [1.54, 1.807) is 0 Å². The molecule has 0 radical (unpaired) electrons. The minimum Gasteiger partial charge on any atom is -0.478 e. The number of halogens is 1. The summed E-state index contributed by atoms with van der Waals surface area (Å²) in [6.45, 7) is 2.93. The lowest BCUT2D eigenvalue weighted by atomic mass is 9.88. The molecule has 0 aliphatic carbocycles. The Kier molecular flexibility index (Phi) is 10.7. The maximum Gasteiger partial charge on any atom is 0.328 e. The second kappa shape index (κ2) is 11.6. The van der Waals surface area contributed by atoms with Gasteiger partial charge in [0.25, 0.3) is 0 Å². The van der Waals surface area contributed by atoms with Crippen LogP contribution in [0.1, 0.15) is 25.3 Å². The summed E-state index contributed by atoms with van der Waals surface area (Å²) in [6, 6.07) is 7.72. The van der Waals surface area contributed by atoms with E-state index in [1.807, 2.05) is 45.3 Å². The van der Waals surface area contributed by atoms with E-state index in [2.05, 4.69) is 4.90 Å². The van der Waals surface area contributed by atoms with Gasteiger partial charge in [-0.25, -0.2) is 9.59 Å². The van der Waals surface area contributed by atoms with Gasteiger partial charge >= 0.3 is 11.9 Å². The second-order valence-electron chi connectivity index (χ2n) is 5.94. The van der Waals surface area contributed by atoms with Gasteiger partial charge in [0.05, 0.1) is 5.60 Å². The highest BCUT2D eigenvalue weighted by molar-refractivity contribution is 6.30. The molecule has 0 saturated heterocycles. The van der Waals surface area contributed by atoms with Crippen molar-refractivity contribution in [3.8, 4) is 0 Å². The lowest BCUT2D eigenvalue weighted by Crippen LogP contribution is -2.34. The number of aliphatic carboxylic acids is 2. The molecule has 0 heterocycles. The van der Waals surface area contributed by atoms with Crippen LogP contribution in [0.25, 0.3) is 0 Å². The van der Waals surface area contributed by atoms with Crippen molar-refractivity contribution in [3.63, 3.8) is 0 Å². The van der Waals surface area contributed by atoms with Gasteiger partial charge in [0.15, 0.2) is 0 Å². The van der Waals surface area contributed by atoms with Crippen LogP contribution in [0.3, 0.4) is 0 Å². The molecule has 0 aromatic heterocycles. The van der Waals surface area contributed by atoms with Crippen LogP contribution in [0.15, 0.2) is 36.4 Å². The van der Waals surface area contributed by atoms with E-state index in [4.69, 9.17) is 21.8 Å². The number of rotatable bonds is 8. The summed E-state index contributed by atoms with van der Waals surface area (Å²) in [7, 11) is 4.05. The van der Waals surface area contributed by atoms with E-state index in [0.717, 1.165) is 30.0 Å². The molecular weight excluding hydrogens is 346 g/mol. The van der Waals surface area contributed by atoms with Crippen LogP contribution in [0.4, 0.5) is 0 Å². The Hall–Kier alpha value is -1.89. The quantitative estimate of drug-likeness (QED) is 0.608. The third-order valence-corrected chi connectivity index (χ3v) is 3.75. The van der Waals surface area contributed by atoms with Crippen molar-refractivity contribution in [3.05, 3.63) is 47.0 Å². The van der Waals surface area contributed by atoms with Crippen LogP contribution < -0.4 is 0 Å². The van der Waals surface area contributed by atoms with Crippen LogP contribution >= 0.6 is 11.6 Å². The van der Waals surface area contributed by atoms with Crippen LogP contribution in [0.2, 0.25) is 5.02 Å². The molecule has 1 aromatic rings. The van der Waals surface area contributed by atoms with Crippen molar-refractivity contribution in [2.24, 2.45) is 0 Å². The highest BCUT2D eigenvalue weighted by Crippen LogP contribution is 2.22. The zero-order chi connectivity index (χ0) is 19.5. The largest absolute Gasteiger partial charge is 0.478 e. The summed E-state index contributed by atoms with van der Waals surface area (Å²) in [6.07, 6.45) is 3.36. The topological polar surface area (TPSA) is 98.1 Å². The molecule has 1 unspecified atom stereocenters. The third-order valence-electron chi connectivity index (χ3n) is 3.50. The molecule has 140 valence electrons. The van der Waals surface area contributed by atoms with Gasteiger partial charge in [0.2, 0.25) is 0 Å². The Morgan fingerprint density at radius 1 is 1.12 bits per heavy atom. The maximum atomic E-state index is 10.5.